The molecule has 1 saturated heterocycles. The summed E-state index contributed by atoms with van der Waals surface area (Å²) < 4.78 is 5.62. The molecule has 1 amide bonds. The summed E-state index contributed by atoms with van der Waals surface area (Å²) in [6.45, 7) is 2.46. The van der Waals surface area contributed by atoms with E-state index < -0.39 is 0 Å². The highest BCUT2D eigenvalue weighted by Gasteiger charge is 2.57. The van der Waals surface area contributed by atoms with Crippen LogP contribution in [-0.4, -0.2) is 25.6 Å². The van der Waals surface area contributed by atoms with E-state index in [1.165, 1.54) is 0 Å². The standard InChI is InChI=1S/C16H18Cl2N2O2.ClH/c17-11-2-1-9-12(8-22-14(9)13(11)18)20-15(21)10-7-16(10)3-5-19-6-4-16;/h1-2,10,12,19H,3-8H2,(H,20,21);1H. The van der Waals surface area contributed by atoms with Gasteiger partial charge in [-0.05, 0) is 43.8 Å². The van der Waals surface area contributed by atoms with E-state index in [-0.39, 0.29) is 35.7 Å². The van der Waals surface area contributed by atoms with Crippen molar-refractivity contribution in [2.24, 2.45) is 11.3 Å². The second kappa shape index (κ2) is 6.32. The van der Waals surface area contributed by atoms with Gasteiger partial charge in [0, 0.05) is 11.5 Å². The molecule has 2 unspecified atom stereocenters. The highest BCUT2D eigenvalue weighted by Crippen LogP contribution is 2.58. The molecule has 2 fully saturated rings. The second-order valence-corrected chi connectivity index (χ2v) is 7.31. The first-order valence-corrected chi connectivity index (χ1v) is 8.48. The Morgan fingerprint density at radius 3 is 2.78 bits per heavy atom. The molecule has 3 aliphatic rings. The molecule has 1 aromatic rings. The zero-order valence-corrected chi connectivity index (χ0v) is 14.9. The van der Waals surface area contributed by atoms with E-state index >= 15 is 0 Å². The molecule has 4 rings (SSSR count). The Balaban J connectivity index is 0.00000156. The topological polar surface area (TPSA) is 50.4 Å². The third-order valence-corrected chi connectivity index (χ3v) is 6.06. The number of fused-ring (bicyclic) bond motifs is 1. The second-order valence-electron chi connectivity index (χ2n) is 6.52. The highest BCUT2D eigenvalue weighted by molar-refractivity contribution is 6.43. The fourth-order valence-corrected chi connectivity index (χ4v) is 4.19. The fourth-order valence-electron chi connectivity index (χ4n) is 3.81. The van der Waals surface area contributed by atoms with Crippen LogP contribution in [0.4, 0.5) is 0 Å². The molecule has 23 heavy (non-hydrogen) atoms. The molecular weight excluding hydrogens is 359 g/mol. The Morgan fingerprint density at radius 1 is 1.30 bits per heavy atom. The monoisotopic (exact) mass is 376 g/mol. The molecule has 0 radical (unpaired) electrons. The van der Waals surface area contributed by atoms with E-state index in [1.807, 2.05) is 6.07 Å². The maximum atomic E-state index is 12.6. The summed E-state index contributed by atoms with van der Waals surface area (Å²) in [5.74, 6) is 0.905. The van der Waals surface area contributed by atoms with Crippen molar-refractivity contribution < 1.29 is 9.53 Å². The lowest BCUT2D eigenvalue weighted by Gasteiger charge is -2.23. The molecule has 126 valence electrons. The van der Waals surface area contributed by atoms with E-state index in [0.717, 1.165) is 37.9 Å². The van der Waals surface area contributed by atoms with Crippen LogP contribution in [0, 0.1) is 11.3 Å². The normalized spacial score (nSPS) is 26.9. The van der Waals surface area contributed by atoms with E-state index in [4.69, 9.17) is 27.9 Å². The summed E-state index contributed by atoms with van der Waals surface area (Å²) >= 11 is 12.2. The number of hydrogen-bond donors (Lipinski definition) is 2. The SMILES string of the molecule is Cl.O=C(NC1COc2c1ccc(Cl)c2Cl)C1CC12CCNCC2. The van der Waals surface area contributed by atoms with Gasteiger partial charge in [-0.1, -0.05) is 29.3 Å². The van der Waals surface area contributed by atoms with Crippen LogP contribution in [0.25, 0.3) is 0 Å². The third kappa shape index (κ3) is 2.91. The molecule has 1 spiro atoms. The molecule has 2 atom stereocenters. The van der Waals surface area contributed by atoms with Crippen molar-refractivity contribution in [3.8, 4) is 5.75 Å². The molecule has 7 heteroatoms. The van der Waals surface area contributed by atoms with E-state index in [0.29, 0.717) is 22.4 Å². The van der Waals surface area contributed by atoms with Gasteiger partial charge in [0.15, 0.2) is 0 Å². The van der Waals surface area contributed by atoms with Crippen molar-refractivity contribution in [1.29, 1.82) is 0 Å². The minimum Gasteiger partial charge on any atom is -0.489 e. The number of piperidine rings is 1. The average Bonchev–Trinajstić information content (AvgIpc) is 3.05. The van der Waals surface area contributed by atoms with Gasteiger partial charge in [-0.15, -0.1) is 12.4 Å². The van der Waals surface area contributed by atoms with Gasteiger partial charge in [-0.3, -0.25) is 4.79 Å². The first kappa shape index (κ1) is 17.2. The van der Waals surface area contributed by atoms with Gasteiger partial charge in [-0.25, -0.2) is 0 Å². The molecule has 2 N–H and O–H groups in total. The summed E-state index contributed by atoms with van der Waals surface area (Å²) in [7, 11) is 0. The fraction of sp³-hybridized carbons (Fsp3) is 0.562. The van der Waals surface area contributed by atoms with Gasteiger partial charge in [0.05, 0.1) is 11.1 Å². The molecule has 2 aliphatic heterocycles. The maximum Gasteiger partial charge on any atom is 0.224 e. The van der Waals surface area contributed by atoms with Gasteiger partial charge in [0.2, 0.25) is 5.91 Å². The lowest BCUT2D eigenvalue weighted by atomic mass is 9.91. The number of amides is 1. The van der Waals surface area contributed by atoms with Gasteiger partial charge in [0.1, 0.15) is 17.4 Å². The average molecular weight is 378 g/mol. The van der Waals surface area contributed by atoms with E-state index in [9.17, 15) is 4.79 Å². The van der Waals surface area contributed by atoms with Crippen molar-refractivity contribution in [3.05, 3.63) is 27.7 Å². The largest absolute Gasteiger partial charge is 0.489 e. The molecule has 1 aliphatic carbocycles. The summed E-state index contributed by atoms with van der Waals surface area (Å²) in [6, 6.07) is 3.51. The predicted octanol–water partition coefficient (Wildman–Crippen LogP) is 3.35. The van der Waals surface area contributed by atoms with Crippen LogP contribution in [0.5, 0.6) is 5.75 Å². The Kier molecular flexibility index (Phi) is 4.71. The first-order valence-electron chi connectivity index (χ1n) is 7.72. The van der Waals surface area contributed by atoms with Gasteiger partial charge in [-0.2, -0.15) is 0 Å². The van der Waals surface area contributed by atoms with E-state index in [2.05, 4.69) is 10.6 Å². The number of rotatable bonds is 2. The smallest absolute Gasteiger partial charge is 0.224 e. The van der Waals surface area contributed by atoms with Gasteiger partial charge < -0.3 is 15.4 Å². The number of carbonyl (C=O) groups excluding carboxylic acids is 1. The predicted molar refractivity (Wildman–Crippen MR) is 92.7 cm³/mol. The third-order valence-electron chi connectivity index (χ3n) is 5.27. The van der Waals surface area contributed by atoms with Crippen molar-refractivity contribution in [2.75, 3.05) is 19.7 Å². The van der Waals surface area contributed by atoms with Crippen molar-refractivity contribution in [3.63, 3.8) is 0 Å². The van der Waals surface area contributed by atoms with Crippen LogP contribution in [0.1, 0.15) is 30.9 Å². The maximum absolute atomic E-state index is 12.6. The Hall–Kier alpha value is -0.680. The number of hydrogen-bond acceptors (Lipinski definition) is 3. The van der Waals surface area contributed by atoms with Crippen molar-refractivity contribution in [1.82, 2.24) is 10.6 Å². The zero-order chi connectivity index (χ0) is 15.3. The van der Waals surface area contributed by atoms with Gasteiger partial charge >= 0.3 is 0 Å². The molecular formula is C16H19Cl3N2O2. The van der Waals surface area contributed by atoms with E-state index in [1.54, 1.807) is 6.07 Å². The van der Waals surface area contributed by atoms with Crippen LogP contribution in [0.2, 0.25) is 10.0 Å². The van der Waals surface area contributed by atoms with Crippen LogP contribution in [0.3, 0.4) is 0 Å². The molecule has 1 aromatic carbocycles. The summed E-state index contributed by atoms with van der Waals surface area (Å²) in [5.41, 5.74) is 1.16. The molecule has 2 heterocycles. The number of halogens is 3. The molecule has 1 saturated carbocycles. The number of carbonyl (C=O) groups is 1. The van der Waals surface area contributed by atoms with Crippen molar-refractivity contribution >= 4 is 41.5 Å². The summed E-state index contributed by atoms with van der Waals surface area (Å²) in [5, 5.41) is 7.39. The highest BCUT2D eigenvalue weighted by atomic mass is 35.5. The first-order chi connectivity index (χ1) is 10.6. The molecule has 0 bridgehead atoms. The Bertz CT molecular complexity index is 632. The van der Waals surface area contributed by atoms with Crippen LogP contribution >= 0.6 is 35.6 Å². The lowest BCUT2D eigenvalue weighted by Crippen LogP contribution is -2.35. The van der Waals surface area contributed by atoms with Crippen molar-refractivity contribution in [2.45, 2.75) is 25.3 Å². The molecule has 0 aromatic heterocycles. The van der Waals surface area contributed by atoms with Gasteiger partial charge in [0.25, 0.3) is 0 Å². The zero-order valence-electron chi connectivity index (χ0n) is 12.5. The summed E-state index contributed by atoms with van der Waals surface area (Å²) in [4.78, 5) is 12.6. The summed E-state index contributed by atoms with van der Waals surface area (Å²) in [6.07, 6.45) is 3.22. The Labute approximate surface area is 151 Å². The number of ether oxygens (including phenoxy) is 1. The molecule has 4 nitrogen and oxygen atoms in total. The van der Waals surface area contributed by atoms with Crippen LogP contribution < -0.4 is 15.4 Å². The van der Waals surface area contributed by atoms with Crippen LogP contribution in [0.15, 0.2) is 12.1 Å². The quantitative estimate of drug-likeness (QED) is 0.831. The minimum atomic E-state index is -0.128. The Morgan fingerprint density at radius 2 is 2.04 bits per heavy atom. The lowest BCUT2D eigenvalue weighted by molar-refractivity contribution is -0.124. The minimum absolute atomic E-state index is 0. The van der Waals surface area contributed by atoms with Crippen LogP contribution in [-0.2, 0) is 4.79 Å². The number of benzene rings is 1. The number of nitrogens with one attached hydrogen (secondary N) is 2.